The first kappa shape index (κ1) is 13.6. The van der Waals surface area contributed by atoms with Crippen LogP contribution in [-0.2, 0) is 19.5 Å². The van der Waals surface area contributed by atoms with Crippen molar-refractivity contribution >= 4 is 5.97 Å². The first-order chi connectivity index (χ1) is 10.1. The van der Waals surface area contributed by atoms with Crippen LogP contribution in [0.2, 0.25) is 0 Å². The van der Waals surface area contributed by atoms with E-state index in [1.54, 1.807) is 0 Å². The summed E-state index contributed by atoms with van der Waals surface area (Å²) in [5, 5.41) is 19.0. The van der Waals surface area contributed by atoms with Crippen molar-refractivity contribution in [3.8, 4) is 5.75 Å². The molecule has 0 spiro atoms. The van der Waals surface area contributed by atoms with Gasteiger partial charge in [-0.2, -0.15) is 0 Å². The molecule has 1 aromatic carbocycles. The predicted octanol–water partition coefficient (Wildman–Crippen LogP) is 2.04. The Labute approximate surface area is 122 Å². The summed E-state index contributed by atoms with van der Waals surface area (Å²) in [7, 11) is 0. The fourth-order valence-electron chi connectivity index (χ4n) is 2.67. The third-order valence-electron chi connectivity index (χ3n) is 3.77. The zero-order chi connectivity index (χ0) is 14.8. The Hall–Kier alpha value is -2.40. The summed E-state index contributed by atoms with van der Waals surface area (Å²) in [6.45, 7) is 2.22. The SMILES string of the molecule is O=C(O)c1cnc2c(c1O)CCN(Cc1ccccc1)C2. The lowest BCUT2D eigenvalue weighted by atomic mass is 10.0. The smallest absolute Gasteiger partial charge is 0.341 e. The Morgan fingerprint density at radius 2 is 2.05 bits per heavy atom. The third kappa shape index (κ3) is 2.73. The average molecular weight is 284 g/mol. The van der Waals surface area contributed by atoms with Crippen LogP contribution in [0.4, 0.5) is 0 Å². The fourth-order valence-corrected chi connectivity index (χ4v) is 2.67. The molecule has 0 amide bonds. The van der Waals surface area contributed by atoms with E-state index >= 15 is 0 Å². The number of nitrogens with zero attached hydrogens (tertiary/aromatic N) is 2. The lowest BCUT2D eigenvalue weighted by Crippen LogP contribution is -2.31. The number of hydrogen-bond donors (Lipinski definition) is 2. The number of carboxylic acids is 1. The molecule has 108 valence electrons. The lowest BCUT2D eigenvalue weighted by Gasteiger charge is -2.28. The molecule has 2 aromatic rings. The molecule has 0 saturated heterocycles. The van der Waals surface area contributed by atoms with Crippen molar-refractivity contribution in [1.82, 2.24) is 9.88 Å². The molecule has 5 heteroatoms. The van der Waals surface area contributed by atoms with Crippen molar-refractivity contribution in [1.29, 1.82) is 0 Å². The Balaban J connectivity index is 1.80. The number of benzene rings is 1. The van der Waals surface area contributed by atoms with Gasteiger partial charge in [0.15, 0.2) is 0 Å². The van der Waals surface area contributed by atoms with Crippen LogP contribution in [-0.4, -0.2) is 32.6 Å². The number of aromatic carboxylic acids is 1. The summed E-state index contributed by atoms with van der Waals surface area (Å²) in [6.07, 6.45) is 1.85. The van der Waals surface area contributed by atoms with E-state index in [0.29, 0.717) is 18.5 Å². The Morgan fingerprint density at radius 3 is 2.76 bits per heavy atom. The predicted molar refractivity (Wildman–Crippen MR) is 77.1 cm³/mol. The van der Waals surface area contributed by atoms with Crippen molar-refractivity contribution in [3.63, 3.8) is 0 Å². The molecule has 0 fully saturated rings. The number of fused-ring (bicyclic) bond motifs is 1. The molecule has 0 unspecified atom stereocenters. The van der Waals surface area contributed by atoms with E-state index in [1.165, 1.54) is 11.8 Å². The normalized spacial score (nSPS) is 14.7. The molecule has 0 bridgehead atoms. The standard InChI is InChI=1S/C16H16N2O3/c19-15-12-6-7-18(9-11-4-2-1-3-5-11)10-14(12)17-8-13(15)16(20)21/h1-5,8H,6-7,9-10H2,(H,17,19)(H,20,21). The average Bonchev–Trinajstić information content (AvgIpc) is 2.48. The zero-order valence-electron chi connectivity index (χ0n) is 11.5. The molecule has 3 rings (SSSR count). The van der Waals surface area contributed by atoms with Crippen molar-refractivity contribution in [3.05, 3.63) is 58.9 Å². The van der Waals surface area contributed by atoms with Crippen LogP contribution in [0.1, 0.15) is 27.2 Å². The summed E-state index contributed by atoms with van der Waals surface area (Å²) < 4.78 is 0. The Kier molecular flexibility index (Phi) is 3.58. The van der Waals surface area contributed by atoms with E-state index in [2.05, 4.69) is 22.0 Å². The second-order valence-corrected chi connectivity index (χ2v) is 5.20. The Morgan fingerprint density at radius 1 is 1.29 bits per heavy atom. The molecule has 0 atom stereocenters. The molecule has 2 N–H and O–H groups in total. The van der Waals surface area contributed by atoms with Gasteiger partial charge in [-0.05, 0) is 12.0 Å². The summed E-state index contributed by atoms with van der Waals surface area (Å²) in [5.41, 5.74) is 2.54. The van der Waals surface area contributed by atoms with Gasteiger partial charge < -0.3 is 10.2 Å². The van der Waals surface area contributed by atoms with Gasteiger partial charge in [0.05, 0.1) is 5.69 Å². The highest BCUT2D eigenvalue weighted by molar-refractivity contribution is 5.91. The molecule has 1 aliphatic heterocycles. The Bertz CT molecular complexity index is 671. The van der Waals surface area contributed by atoms with Crippen LogP contribution < -0.4 is 0 Å². The van der Waals surface area contributed by atoms with Crippen LogP contribution in [0.25, 0.3) is 0 Å². The van der Waals surface area contributed by atoms with Gasteiger partial charge in [-0.25, -0.2) is 4.79 Å². The van der Waals surface area contributed by atoms with Crippen molar-refractivity contribution in [2.24, 2.45) is 0 Å². The highest BCUT2D eigenvalue weighted by atomic mass is 16.4. The van der Waals surface area contributed by atoms with Crippen molar-refractivity contribution in [2.75, 3.05) is 6.54 Å². The van der Waals surface area contributed by atoms with Gasteiger partial charge in [0, 0.05) is 31.4 Å². The summed E-state index contributed by atoms with van der Waals surface area (Å²) >= 11 is 0. The van der Waals surface area contributed by atoms with Crippen LogP contribution in [0, 0.1) is 0 Å². The maximum absolute atomic E-state index is 11.0. The van der Waals surface area contributed by atoms with Gasteiger partial charge >= 0.3 is 5.97 Å². The van der Waals surface area contributed by atoms with E-state index in [9.17, 15) is 9.90 Å². The van der Waals surface area contributed by atoms with E-state index in [1.807, 2.05) is 18.2 Å². The van der Waals surface area contributed by atoms with Crippen molar-refractivity contribution < 1.29 is 15.0 Å². The molecule has 0 radical (unpaired) electrons. The van der Waals surface area contributed by atoms with Gasteiger partial charge in [0.25, 0.3) is 0 Å². The highest BCUT2D eigenvalue weighted by Gasteiger charge is 2.24. The van der Waals surface area contributed by atoms with E-state index < -0.39 is 5.97 Å². The zero-order valence-corrected chi connectivity index (χ0v) is 11.5. The topological polar surface area (TPSA) is 73.7 Å². The van der Waals surface area contributed by atoms with E-state index in [0.717, 1.165) is 18.8 Å². The molecule has 0 aliphatic carbocycles. The monoisotopic (exact) mass is 284 g/mol. The number of hydrogen-bond acceptors (Lipinski definition) is 4. The summed E-state index contributed by atoms with van der Waals surface area (Å²) in [4.78, 5) is 17.5. The highest BCUT2D eigenvalue weighted by Crippen LogP contribution is 2.29. The molecule has 1 aromatic heterocycles. The van der Waals surface area contributed by atoms with Gasteiger partial charge in [-0.1, -0.05) is 30.3 Å². The van der Waals surface area contributed by atoms with Crippen LogP contribution in [0.3, 0.4) is 0 Å². The maximum atomic E-state index is 11.0. The molecular formula is C16H16N2O3. The number of pyridine rings is 1. The number of aromatic hydroxyl groups is 1. The van der Waals surface area contributed by atoms with Gasteiger partial charge in [-0.15, -0.1) is 0 Å². The van der Waals surface area contributed by atoms with Gasteiger partial charge in [0.2, 0.25) is 0 Å². The van der Waals surface area contributed by atoms with Crippen molar-refractivity contribution in [2.45, 2.75) is 19.5 Å². The van der Waals surface area contributed by atoms with E-state index in [-0.39, 0.29) is 11.3 Å². The summed E-state index contributed by atoms with van der Waals surface area (Å²) in [5.74, 6) is -1.28. The molecule has 2 heterocycles. The largest absolute Gasteiger partial charge is 0.507 e. The third-order valence-corrected chi connectivity index (χ3v) is 3.77. The molecule has 1 aliphatic rings. The van der Waals surface area contributed by atoms with Crippen LogP contribution in [0.5, 0.6) is 5.75 Å². The molecule has 21 heavy (non-hydrogen) atoms. The molecular weight excluding hydrogens is 268 g/mol. The number of aromatic nitrogens is 1. The molecule has 5 nitrogen and oxygen atoms in total. The lowest BCUT2D eigenvalue weighted by molar-refractivity contribution is 0.0692. The first-order valence-electron chi connectivity index (χ1n) is 6.84. The fraction of sp³-hybridized carbons (Fsp3) is 0.250. The molecule has 0 saturated carbocycles. The minimum Gasteiger partial charge on any atom is -0.507 e. The second-order valence-electron chi connectivity index (χ2n) is 5.20. The van der Waals surface area contributed by atoms with Gasteiger partial charge in [-0.3, -0.25) is 9.88 Å². The number of rotatable bonds is 3. The van der Waals surface area contributed by atoms with Crippen LogP contribution >= 0.6 is 0 Å². The quantitative estimate of drug-likeness (QED) is 0.902. The van der Waals surface area contributed by atoms with Crippen LogP contribution in [0.15, 0.2) is 36.5 Å². The first-order valence-corrected chi connectivity index (χ1v) is 6.84. The number of carbonyl (C=O) groups is 1. The maximum Gasteiger partial charge on any atom is 0.341 e. The summed E-state index contributed by atoms with van der Waals surface area (Å²) in [6, 6.07) is 10.2. The second kappa shape index (κ2) is 5.54. The number of carboxylic acid groups (broad SMARTS) is 1. The van der Waals surface area contributed by atoms with Gasteiger partial charge in [0.1, 0.15) is 11.3 Å². The van der Waals surface area contributed by atoms with E-state index in [4.69, 9.17) is 5.11 Å². The minimum atomic E-state index is -1.14. The minimum absolute atomic E-state index is 0.120.